The number of carbonyl (C=O) groups is 1. The lowest BCUT2D eigenvalue weighted by Crippen LogP contribution is -2.51. The molecule has 0 saturated carbocycles. The molecule has 2 aromatic heterocycles. The lowest BCUT2D eigenvalue weighted by atomic mass is 9.81. The molecule has 2 atom stereocenters. The summed E-state index contributed by atoms with van der Waals surface area (Å²) in [7, 11) is 3.82. The van der Waals surface area contributed by atoms with E-state index in [0.717, 1.165) is 30.0 Å². The molecular formula is C19H23N3O3. The molecule has 0 radical (unpaired) electrons. The molecule has 1 amide bonds. The van der Waals surface area contributed by atoms with Crippen LogP contribution < -0.4 is 5.56 Å². The Morgan fingerprint density at radius 1 is 1.24 bits per heavy atom. The van der Waals surface area contributed by atoms with Crippen LogP contribution in [-0.4, -0.2) is 54.0 Å². The standard InChI is InChI=1S/C19H23N3O3/c1-20(2)12-18(24)21-9-13-8-14(11-21)19-15(16-4-3-7-25-16)5-6-17(23)22(19)10-13/h3-7,13-14H,8-12H2,1-2H3/t13-,14-/m1/s1. The van der Waals surface area contributed by atoms with Crippen molar-refractivity contribution in [1.82, 2.24) is 14.4 Å². The van der Waals surface area contributed by atoms with Crippen LogP contribution in [-0.2, 0) is 11.3 Å². The van der Waals surface area contributed by atoms with Crippen molar-refractivity contribution in [2.24, 2.45) is 5.92 Å². The Balaban J connectivity index is 1.72. The van der Waals surface area contributed by atoms with Crippen LogP contribution >= 0.6 is 0 Å². The molecule has 0 N–H and O–H groups in total. The van der Waals surface area contributed by atoms with Gasteiger partial charge in [0.2, 0.25) is 5.91 Å². The van der Waals surface area contributed by atoms with Gasteiger partial charge in [-0.1, -0.05) is 0 Å². The van der Waals surface area contributed by atoms with E-state index in [-0.39, 0.29) is 17.4 Å². The summed E-state index contributed by atoms with van der Waals surface area (Å²) in [4.78, 5) is 28.8. The van der Waals surface area contributed by atoms with E-state index in [2.05, 4.69) is 0 Å². The fourth-order valence-electron chi connectivity index (χ4n) is 4.23. The van der Waals surface area contributed by atoms with Crippen molar-refractivity contribution in [1.29, 1.82) is 0 Å². The zero-order chi connectivity index (χ0) is 17.6. The summed E-state index contributed by atoms with van der Waals surface area (Å²) in [6.45, 7) is 2.50. The van der Waals surface area contributed by atoms with Gasteiger partial charge < -0.3 is 18.8 Å². The fraction of sp³-hybridized carbons (Fsp3) is 0.474. The van der Waals surface area contributed by atoms with Gasteiger partial charge >= 0.3 is 0 Å². The highest BCUT2D eigenvalue weighted by Gasteiger charge is 2.38. The maximum atomic E-state index is 12.5. The summed E-state index contributed by atoms with van der Waals surface area (Å²) in [6, 6.07) is 7.26. The molecule has 4 heterocycles. The van der Waals surface area contributed by atoms with Gasteiger partial charge in [-0.25, -0.2) is 0 Å². The van der Waals surface area contributed by atoms with E-state index in [0.29, 0.717) is 25.6 Å². The van der Waals surface area contributed by atoms with Gasteiger partial charge in [0.05, 0.1) is 12.8 Å². The molecule has 132 valence electrons. The number of hydrogen-bond donors (Lipinski definition) is 0. The van der Waals surface area contributed by atoms with Crippen LogP contribution in [0.25, 0.3) is 11.3 Å². The average molecular weight is 341 g/mol. The monoisotopic (exact) mass is 341 g/mol. The van der Waals surface area contributed by atoms with E-state index in [1.54, 1.807) is 12.3 Å². The van der Waals surface area contributed by atoms with Crippen LogP contribution in [0.3, 0.4) is 0 Å². The first-order chi connectivity index (χ1) is 12.0. The lowest BCUT2D eigenvalue weighted by Gasteiger charge is -2.43. The molecular weight excluding hydrogens is 318 g/mol. The number of hydrogen-bond acceptors (Lipinski definition) is 4. The Labute approximate surface area is 146 Å². The van der Waals surface area contributed by atoms with Crippen molar-refractivity contribution in [3.8, 4) is 11.3 Å². The summed E-state index contributed by atoms with van der Waals surface area (Å²) in [5.41, 5.74) is 2.02. The molecule has 0 aliphatic carbocycles. The highest BCUT2D eigenvalue weighted by atomic mass is 16.3. The quantitative estimate of drug-likeness (QED) is 0.851. The molecule has 2 aromatic rings. The van der Waals surface area contributed by atoms with E-state index in [9.17, 15) is 9.59 Å². The van der Waals surface area contributed by atoms with Gasteiger partial charge in [0.1, 0.15) is 5.76 Å². The number of aromatic nitrogens is 1. The van der Waals surface area contributed by atoms with Crippen molar-refractivity contribution in [2.45, 2.75) is 18.9 Å². The van der Waals surface area contributed by atoms with Crippen molar-refractivity contribution < 1.29 is 9.21 Å². The molecule has 0 unspecified atom stereocenters. The van der Waals surface area contributed by atoms with Crippen molar-refractivity contribution in [2.75, 3.05) is 33.7 Å². The van der Waals surface area contributed by atoms with E-state index >= 15 is 0 Å². The number of nitrogens with zero attached hydrogens (tertiary/aromatic N) is 3. The fourth-order valence-corrected chi connectivity index (χ4v) is 4.23. The van der Waals surface area contributed by atoms with Crippen LogP contribution in [0.4, 0.5) is 0 Å². The Kier molecular flexibility index (Phi) is 4.00. The third kappa shape index (κ3) is 2.91. The molecule has 2 aliphatic rings. The number of amides is 1. The molecule has 0 aromatic carbocycles. The van der Waals surface area contributed by atoms with Gasteiger partial charge in [-0.05, 0) is 44.6 Å². The summed E-state index contributed by atoms with van der Waals surface area (Å²) < 4.78 is 7.48. The second kappa shape index (κ2) is 6.19. The van der Waals surface area contributed by atoms with Crippen molar-refractivity contribution in [3.63, 3.8) is 0 Å². The number of fused-ring (bicyclic) bond motifs is 4. The molecule has 4 rings (SSSR count). The van der Waals surface area contributed by atoms with Gasteiger partial charge in [0.15, 0.2) is 0 Å². The molecule has 1 fully saturated rings. The third-order valence-corrected chi connectivity index (χ3v) is 5.18. The minimum absolute atomic E-state index is 0.0353. The number of rotatable bonds is 3. The van der Waals surface area contributed by atoms with Gasteiger partial charge in [-0.15, -0.1) is 0 Å². The van der Waals surface area contributed by atoms with Crippen LogP contribution in [0.2, 0.25) is 0 Å². The van der Waals surface area contributed by atoms with Gasteiger partial charge in [0.25, 0.3) is 5.56 Å². The number of furan rings is 1. The van der Waals surface area contributed by atoms with E-state index < -0.39 is 0 Å². The topological polar surface area (TPSA) is 58.7 Å². The molecule has 2 bridgehead atoms. The highest BCUT2D eigenvalue weighted by Crippen LogP contribution is 2.39. The lowest BCUT2D eigenvalue weighted by molar-refractivity contribution is -0.134. The minimum atomic E-state index is 0.0353. The molecule has 2 aliphatic heterocycles. The first-order valence-electron chi connectivity index (χ1n) is 8.73. The highest BCUT2D eigenvalue weighted by molar-refractivity contribution is 5.78. The summed E-state index contributed by atoms with van der Waals surface area (Å²) in [6.07, 6.45) is 2.67. The maximum absolute atomic E-state index is 12.5. The molecule has 25 heavy (non-hydrogen) atoms. The summed E-state index contributed by atoms with van der Waals surface area (Å²) in [5, 5.41) is 0. The second-order valence-electron chi connectivity index (χ2n) is 7.39. The van der Waals surface area contributed by atoms with Crippen LogP contribution in [0.5, 0.6) is 0 Å². The van der Waals surface area contributed by atoms with Gasteiger partial charge in [-0.2, -0.15) is 0 Å². The Hall–Kier alpha value is -2.34. The SMILES string of the molecule is CN(C)CC(=O)N1C[C@H]2C[C@H](C1)c1c(-c3ccco3)ccc(=O)n1C2. The number of likely N-dealkylation sites (N-methyl/N-ethyl adjacent to an activating group) is 1. The number of likely N-dealkylation sites (tertiary alicyclic amines) is 1. The Morgan fingerprint density at radius 2 is 2.08 bits per heavy atom. The summed E-state index contributed by atoms with van der Waals surface area (Å²) >= 11 is 0. The molecule has 6 nitrogen and oxygen atoms in total. The summed E-state index contributed by atoms with van der Waals surface area (Å²) in [5.74, 6) is 1.44. The number of carbonyl (C=O) groups excluding carboxylic acids is 1. The van der Waals surface area contributed by atoms with E-state index in [1.165, 1.54) is 0 Å². The third-order valence-electron chi connectivity index (χ3n) is 5.18. The number of piperidine rings is 1. The second-order valence-corrected chi connectivity index (χ2v) is 7.39. The van der Waals surface area contributed by atoms with Crippen LogP contribution in [0.15, 0.2) is 39.7 Å². The molecule has 1 saturated heterocycles. The normalized spacial score (nSPS) is 22.1. The predicted molar refractivity (Wildman–Crippen MR) is 94.4 cm³/mol. The minimum Gasteiger partial charge on any atom is -0.464 e. The molecule has 0 spiro atoms. The largest absolute Gasteiger partial charge is 0.464 e. The predicted octanol–water partition coefficient (Wildman–Crippen LogP) is 1.62. The Bertz CT molecular complexity index is 838. The zero-order valence-corrected chi connectivity index (χ0v) is 14.6. The van der Waals surface area contributed by atoms with Gasteiger partial charge in [0, 0.05) is 42.9 Å². The van der Waals surface area contributed by atoms with Gasteiger partial charge in [-0.3, -0.25) is 9.59 Å². The van der Waals surface area contributed by atoms with Crippen molar-refractivity contribution in [3.05, 3.63) is 46.6 Å². The van der Waals surface area contributed by atoms with E-state index in [1.807, 2.05) is 46.7 Å². The smallest absolute Gasteiger partial charge is 0.250 e. The maximum Gasteiger partial charge on any atom is 0.250 e. The average Bonchev–Trinajstić information content (AvgIpc) is 3.09. The first kappa shape index (κ1) is 16.1. The first-order valence-corrected chi connectivity index (χ1v) is 8.73. The van der Waals surface area contributed by atoms with Crippen LogP contribution in [0.1, 0.15) is 18.0 Å². The van der Waals surface area contributed by atoms with Crippen LogP contribution in [0, 0.1) is 5.92 Å². The zero-order valence-electron chi connectivity index (χ0n) is 14.6. The van der Waals surface area contributed by atoms with E-state index in [4.69, 9.17) is 4.42 Å². The Morgan fingerprint density at radius 3 is 2.80 bits per heavy atom. The van der Waals surface area contributed by atoms with Crippen molar-refractivity contribution >= 4 is 5.91 Å². The molecule has 6 heteroatoms. The number of pyridine rings is 1.